The fourth-order valence-electron chi connectivity index (χ4n) is 1.84. The van der Waals surface area contributed by atoms with E-state index in [1.54, 1.807) is 11.5 Å². The first-order valence-corrected chi connectivity index (χ1v) is 5.64. The standard InChI is InChI=1S/C13H14N4O/c1-8-6-15-9(5-14)11-10(8)12(18)17(7-16-11)13(2,3)4/h6-7H,1-4H3. The van der Waals surface area contributed by atoms with Crippen molar-refractivity contribution >= 4 is 10.9 Å². The Morgan fingerprint density at radius 3 is 2.56 bits per heavy atom. The molecule has 0 amide bonds. The topological polar surface area (TPSA) is 71.6 Å². The van der Waals surface area contributed by atoms with Crippen LogP contribution in [0.25, 0.3) is 10.9 Å². The molecule has 0 saturated heterocycles. The molecule has 0 aliphatic rings. The maximum atomic E-state index is 12.4. The Balaban J connectivity index is 2.97. The average Bonchev–Trinajstić information content (AvgIpc) is 2.28. The summed E-state index contributed by atoms with van der Waals surface area (Å²) < 4.78 is 1.57. The summed E-state index contributed by atoms with van der Waals surface area (Å²) in [6.07, 6.45) is 3.02. The lowest BCUT2D eigenvalue weighted by atomic mass is 10.1. The Morgan fingerprint density at radius 1 is 1.33 bits per heavy atom. The molecule has 0 unspecified atom stereocenters. The molecule has 0 spiro atoms. The zero-order chi connectivity index (χ0) is 13.5. The van der Waals surface area contributed by atoms with Crippen LogP contribution < -0.4 is 5.56 Å². The van der Waals surface area contributed by atoms with E-state index < -0.39 is 0 Å². The van der Waals surface area contributed by atoms with Gasteiger partial charge in [0.2, 0.25) is 0 Å². The number of aryl methyl sites for hydroxylation is 1. The van der Waals surface area contributed by atoms with Gasteiger partial charge in [-0.05, 0) is 33.3 Å². The number of hydrogen-bond donors (Lipinski definition) is 0. The molecule has 0 aromatic carbocycles. The third kappa shape index (κ3) is 1.76. The molecule has 5 heteroatoms. The van der Waals surface area contributed by atoms with Crippen molar-refractivity contribution in [3.63, 3.8) is 0 Å². The third-order valence-corrected chi connectivity index (χ3v) is 2.81. The molecule has 2 aromatic rings. The van der Waals surface area contributed by atoms with Crippen LogP contribution in [0.15, 0.2) is 17.3 Å². The van der Waals surface area contributed by atoms with Crippen molar-refractivity contribution in [1.29, 1.82) is 5.26 Å². The Bertz CT molecular complexity index is 717. The molecule has 0 radical (unpaired) electrons. The van der Waals surface area contributed by atoms with Gasteiger partial charge in [0.25, 0.3) is 5.56 Å². The van der Waals surface area contributed by atoms with Gasteiger partial charge in [-0.25, -0.2) is 9.97 Å². The van der Waals surface area contributed by atoms with E-state index in [0.29, 0.717) is 10.9 Å². The molecule has 2 rings (SSSR count). The SMILES string of the molecule is Cc1cnc(C#N)c2ncn(C(C)(C)C)c(=O)c12. The zero-order valence-corrected chi connectivity index (χ0v) is 10.9. The predicted octanol–water partition coefficient (Wildman–Crippen LogP) is 1.73. The highest BCUT2D eigenvalue weighted by Crippen LogP contribution is 2.17. The molecule has 2 heterocycles. The van der Waals surface area contributed by atoms with Gasteiger partial charge in [0.05, 0.1) is 11.7 Å². The van der Waals surface area contributed by atoms with Gasteiger partial charge >= 0.3 is 0 Å². The Kier molecular flexibility index (Phi) is 2.66. The van der Waals surface area contributed by atoms with Gasteiger partial charge < -0.3 is 0 Å². The summed E-state index contributed by atoms with van der Waals surface area (Å²) in [5.74, 6) is 0. The molecule has 0 N–H and O–H groups in total. The van der Waals surface area contributed by atoms with Crippen LogP contribution in [0.3, 0.4) is 0 Å². The minimum atomic E-state index is -0.346. The summed E-state index contributed by atoms with van der Waals surface area (Å²) in [5.41, 5.74) is 0.821. The van der Waals surface area contributed by atoms with E-state index in [0.717, 1.165) is 5.56 Å². The van der Waals surface area contributed by atoms with Crippen LogP contribution in [0.4, 0.5) is 0 Å². The van der Waals surface area contributed by atoms with Crippen molar-refractivity contribution in [2.24, 2.45) is 0 Å². The van der Waals surface area contributed by atoms with Crippen LogP contribution in [0.1, 0.15) is 32.0 Å². The second-order valence-electron chi connectivity index (χ2n) is 5.22. The molecule has 0 atom stereocenters. The van der Waals surface area contributed by atoms with Crippen molar-refractivity contribution in [3.05, 3.63) is 34.1 Å². The molecule has 0 fully saturated rings. The molecule has 0 bridgehead atoms. The van der Waals surface area contributed by atoms with Gasteiger partial charge in [-0.3, -0.25) is 9.36 Å². The second-order valence-corrected chi connectivity index (χ2v) is 5.22. The fourth-order valence-corrected chi connectivity index (χ4v) is 1.84. The highest BCUT2D eigenvalue weighted by molar-refractivity contribution is 5.84. The molecule has 5 nitrogen and oxygen atoms in total. The molecular weight excluding hydrogens is 228 g/mol. The summed E-state index contributed by atoms with van der Waals surface area (Å²) in [6.45, 7) is 7.60. The number of hydrogen-bond acceptors (Lipinski definition) is 4. The van der Waals surface area contributed by atoms with Gasteiger partial charge in [-0.15, -0.1) is 0 Å². The Morgan fingerprint density at radius 2 is 2.00 bits per heavy atom. The van der Waals surface area contributed by atoms with Gasteiger partial charge in [0, 0.05) is 11.7 Å². The molecule has 0 aliphatic carbocycles. The van der Waals surface area contributed by atoms with Crippen LogP contribution in [-0.4, -0.2) is 14.5 Å². The summed E-state index contributed by atoms with van der Waals surface area (Å²) in [7, 11) is 0. The predicted molar refractivity (Wildman–Crippen MR) is 68.2 cm³/mol. The van der Waals surface area contributed by atoms with Gasteiger partial charge in [-0.1, -0.05) is 0 Å². The molecule has 0 aliphatic heterocycles. The fraction of sp³-hybridized carbons (Fsp3) is 0.385. The van der Waals surface area contributed by atoms with Crippen LogP contribution in [0, 0.1) is 18.3 Å². The lowest BCUT2D eigenvalue weighted by Gasteiger charge is -2.22. The van der Waals surface area contributed by atoms with Gasteiger partial charge in [0.15, 0.2) is 5.69 Å². The van der Waals surface area contributed by atoms with E-state index in [4.69, 9.17) is 5.26 Å². The van der Waals surface area contributed by atoms with Crippen LogP contribution in [0.2, 0.25) is 0 Å². The van der Waals surface area contributed by atoms with E-state index in [1.165, 1.54) is 12.5 Å². The molecule has 18 heavy (non-hydrogen) atoms. The lowest BCUT2D eigenvalue weighted by Crippen LogP contribution is -2.34. The average molecular weight is 242 g/mol. The first-order chi connectivity index (χ1) is 8.36. The van der Waals surface area contributed by atoms with E-state index in [2.05, 4.69) is 9.97 Å². The van der Waals surface area contributed by atoms with Crippen molar-refractivity contribution in [3.8, 4) is 6.07 Å². The summed E-state index contributed by atoms with van der Waals surface area (Å²) >= 11 is 0. The van der Waals surface area contributed by atoms with E-state index in [9.17, 15) is 4.79 Å². The maximum absolute atomic E-state index is 12.4. The quantitative estimate of drug-likeness (QED) is 0.705. The summed E-state index contributed by atoms with van der Waals surface area (Å²) in [5, 5.41) is 9.46. The van der Waals surface area contributed by atoms with Gasteiger partial charge in [-0.2, -0.15) is 5.26 Å². The maximum Gasteiger partial charge on any atom is 0.262 e. The minimum absolute atomic E-state index is 0.135. The number of nitriles is 1. The summed E-state index contributed by atoms with van der Waals surface area (Å²) in [6, 6.07) is 1.96. The van der Waals surface area contributed by atoms with E-state index >= 15 is 0 Å². The minimum Gasteiger partial charge on any atom is -0.293 e. The molecule has 92 valence electrons. The second kappa shape index (κ2) is 3.91. The third-order valence-electron chi connectivity index (χ3n) is 2.81. The van der Waals surface area contributed by atoms with Crippen LogP contribution in [0.5, 0.6) is 0 Å². The van der Waals surface area contributed by atoms with E-state index in [1.807, 2.05) is 26.8 Å². The first-order valence-electron chi connectivity index (χ1n) is 5.64. The van der Waals surface area contributed by atoms with E-state index in [-0.39, 0.29) is 16.8 Å². The monoisotopic (exact) mass is 242 g/mol. The number of rotatable bonds is 0. The Labute approximate surface area is 105 Å². The normalized spacial score (nSPS) is 11.5. The largest absolute Gasteiger partial charge is 0.293 e. The smallest absolute Gasteiger partial charge is 0.262 e. The van der Waals surface area contributed by atoms with Crippen LogP contribution in [-0.2, 0) is 5.54 Å². The van der Waals surface area contributed by atoms with Crippen molar-refractivity contribution in [2.45, 2.75) is 33.2 Å². The number of pyridine rings is 1. The van der Waals surface area contributed by atoms with Crippen molar-refractivity contribution < 1.29 is 0 Å². The zero-order valence-electron chi connectivity index (χ0n) is 10.9. The van der Waals surface area contributed by atoms with Crippen LogP contribution >= 0.6 is 0 Å². The molecule has 0 saturated carbocycles. The number of fused-ring (bicyclic) bond motifs is 1. The highest BCUT2D eigenvalue weighted by atomic mass is 16.1. The summed E-state index contributed by atoms with van der Waals surface area (Å²) in [4.78, 5) is 20.7. The lowest BCUT2D eigenvalue weighted by molar-refractivity contribution is 0.381. The molecular formula is C13H14N4O. The highest BCUT2D eigenvalue weighted by Gasteiger charge is 2.18. The van der Waals surface area contributed by atoms with Crippen molar-refractivity contribution in [2.75, 3.05) is 0 Å². The Hall–Kier alpha value is -2.22. The van der Waals surface area contributed by atoms with Gasteiger partial charge in [0.1, 0.15) is 11.6 Å². The number of aromatic nitrogens is 3. The number of nitrogens with zero attached hydrogens (tertiary/aromatic N) is 4. The molecule has 2 aromatic heterocycles. The van der Waals surface area contributed by atoms with Crippen molar-refractivity contribution in [1.82, 2.24) is 14.5 Å². The first kappa shape index (κ1) is 12.2.